The molecule has 0 aliphatic heterocycles. The van der Waals surface area contributed by atoms with E-state index in [0.717, 1.165) is 42.5 Å². The SMILES string of the molecule is COc1ccc(CN(C(=O)Nc2ccc(C(F)(F)F)cc2)C(C)C)cc1OS(=O)(=O)c1cccc(C(F)(F)F)c1. The first-order valence-corrected chi connectivity index (χ1v) is 13.0. The van der Waals surface area contributed by atoms with E-state index in [9.17, 15) is 39.6 Å². The van der Waals surface area contributed by atoms with E-state index < -0.39 is 50.6 Å². The molecule has 0 unspecified atom stereocenters. The Bertz CT molecular complexity index is 1460. The maximum atomic E-state index is 13.1. The number of carbonyl (C=O) groups is 1. The number of urea groups is 1. The third-order valence-corrected chi connectivity index (χ3v) is 6.81. The lowest BCUT2D eigenvalue weighted by molar-refractivity contribution is -0.138. The highest BCUT2D eigenvalue weighted by Gasteiger charge is 2.32. The number of anilines is 1. The molecule has 0 heterocycles. The summed E-state index contributed by atoms with van der Waals surface area (Å²) in [6.07, 6.45) is -9.31. The van der Waals surface area contributed by atoms with E-state index in [1.807, 2.05) is 0 Å². The van der Waals surface area contributed by atoms with Crippen LogP contribution in [-0.4, -0.2) is 32.5 Å². The van der Waals surface area contributed by atoms with Crippen molar-refractivity contribution in [2.24, 2.45) is 0 Å². The quantitative estimate of drug-likeness (QED) is 0.227. The zero-order valence-electron chi connectivity index (χ0n) is 21.3. The standard InChI is InChI=1S/C26H24F6N2O5S/c1-16(2)34(24(35)33-20-10-8-18(9-11-20)25(27,28)29)15-17-7-12-22(38-3)23(13-17)39-40(36,37)21-6-4-5-19(14-21)26(30,31)32/h4-14,16H,15H2,1-3H3,(H,33,35). The van der Waals surface area contributed by atoms with Crippen molar-refractivity contribution in [1.82, 2.24) is 4.90 Å². The van der Waals surface area contributed by atoms with Gasteiger partial charge in [-0.15, -0.1) is 0 Å². The summed E-state index contributed by atoms with van der Waals surface area (Å²) in [6.45, 7) is 3.28. The minimum Gasteiger partial charge on any atom is -0.493 e. The average Bonchev–Trinajstić information content (AvgIpc) is 2.86. The number of hydrogen-bond donors (Lipinski definition) is 1. The van der Waals surface area contributed by atoms with Crippen LogP contribution in [0.15, 0.2) is 71.6 Å². The van der Waals surface area contributed by atoms with Gasteiger partial charge >= 0.3 is 28.5 Å². The molecule has 2 amide bonds. The number of methoxy groups -OCH3 is 1. The van der Waals surface area contributed by atoms with Gasteiger partial charge in [-0.25, -0.2) is 4.79 Å². The van der Waals surface area contributed by atoms with Gasteiger partial charge < -0.3 is 19.1 Å². The summed E-state index contributed by atoms with van der Waals surface area (Å²) in [6, 6.07) is 9.99. The molecule has 1 N–H and O–H groups in total. The molecule has 0 radical (unpaired) electrons. The fraction of sp³-hybridized carbons (Fsp3) is 0.269. The lowest BCUT2D eigenvalue weighted by Crippen LogP contribution is -2.39. The topological polar surface area (TPSA) is 84.9 Å². The summed E-state index contributed by atoms with van der Waals surface area (Å²) in [5, 5.41) is 2.51. The molecule has 0 spiro atoms. The summed E-state index contributed by atoms with van der Waals surface area (Å²) in [4.78, 5) is 13.5. The zero-order valence-corrected chi connectivity index (χ0v) is 22.1. The second kappa shape index (κ2) is 11.7. The Labute approximate surface area is 226 Å². The molecule has 3 aromatic rings. The van der Waals surface area contributed by atoms with Crippen LogP contribution in [0.3, 0.4) is 0 Å². The van der Waals surface area contributed by atoms with E-state index in [0.29, 0.717) is 11.6 Å². The van der Waals surface area contributed by atoms with Gasteiger partial charge in [-0.1, -0.05) is 12.1 Å². The Morgan fingerprint density at radius 2 is 1.50 bits per heavy atom. The van der Waals surface area contributed by atoms with Gasteiger partial charge in [-0.2, -0.15) is 34.8 Å². The van der Waals surface area contributed by atoms with Crippen LogP contribution >= 0.6 is 0 Å². The molecule has 0 atom stereocenters. The first kappa shape index (κ1) is 30.6. The van der Waals surface area contributed by atoms with Gasteiger partial charge in [0.15, 0.2) is 11.5 Å². The molecule has 0 saturated heterocycles. The highest BCUT2D eigenvalue weighted by molar-refractivity contribution is 7.87. The maximum absolute atomic E-state index is 13.1. The smallest absolute Gasteiger partial charge is 0.416 e. The normalized spacial score (nSPS) is 12.2. The van der Waals surface area contributed by atoms with Gasteiger partial charge in [0.25, 0.3) is 0 Å². The van der Waals surface area contributed by atoms with Crippen LogP contribution in [0.25, 0.3) is 0 Å². The first-order chi connectivity index (χ1) is 18.5. The van der Waals surface area contributed by atoms with Crippen LogP contribution in [0.5, 0.6) is 11.5 Å². The molecule has 7 nitrogen and oxygen atoms in total. The highest BCUT2D eigenvalue weighted by atomic mass is 32.2. The molecule has 0 saturated carbocycles. The number of amides is 2. The van der Waals surface area contributed by atoms with Gasteiger partial charge in [0.1, 0.15) is 4.90 Å². The lowest BCUT2D eigenvalue weighted by Gasteiger charge is -2.27. The van der Waals surface area contributed by atoms with Gasteiger partial charge in [-0.05, 0) is 74.0 Å². The Hall–Kier alpha value is -3.94. The predicted molar refractivity (Wildman–Crippen MR) is 133 cm³/mol. The van der Waals surface area contributed by atoms with Crippen LogP contribution in [-0.2, 0) is 29.0 Å². The second-order valence-electron chi connectivity index (χ2n) is 8.78. The van der Waals surface area contributed by atoms with Crippen molar-refractivity contribution >= 4 is 21.8 Å². The number of nitrogens with one attached hydrogen (secondary N) is 1. The third-order valence-electron chi connectivity index (χ3n) is 5.58. The van der Waals surface area contributed by atoms with E-state index >= 15 is 0 Å². The number of nitrogens with zero attached hydrogens (tertiary/aromatic N) is 1. The van der Waals surface area contributed by atoms with Gasteiger partial charge in [0.2, 0.25) is 0 Å². The molecule has 0 aliphatic carbocycles. The predicted octanol–water partition coefficient (Wildman–Crippen LogP) is 6.94. The number of benzene rings is 3. The number of carbonyl (C=O) groups excluding carboxylic acids is 1. The van der Waals surface area contributed by atoms with Gasteiger partial charge in [-0.3, -0.25) is 0 Å². The average molecular weight is 591 g/mol. The second-order valence-corrected chi connectivity index (χ2v) is 10.3. The molecule has 3 rings (SSSR count). The van der Waals surface area contributed by atoms with Crippen LogP contribution in [0.4, 0.5) is 36.8 Å². The van der Waals surface area contributed by atoms with E-state index in [1.54, 1.807) is 13.8 Å². The van der Waals surface area contributed by atoms with Crippen LogP contribution in [0, 0.1) is 0 Å². The van der Waals surface area contributed by atoms with Crippen molar-refractivity contribution in [3.05, 3.63) is 83.4 Å². The van der Waals surface area contributed by atoms with Gasteiger partial charge in [0, 0.05) is 18.3 Å². The molecule has 216 valence electrons. The minimum atomic E-state index is -4.77. The highest BCUT2D eigenvalue weighted by Crippen LogP contribution is 2.34. The van der Waals surface area contributed by atoms with Crippen LogP contribution in [0.2, 0.25) is 0 Å². The monoisotopic (exact) mass is 590 g/mol. The summed E-state index contributed by atoms with van der Waals surface area (Å²) >= 11 is 0. The fourth-order valence-corrected chi connectivity index (χ4v) is 4.48. The van der Waals surface area contributed by atoms with Crippen molar-refractivity contribution in [3.8, 4) is 11.5 Å². The summed E-state index contributed by atoms with van der Waals surface area (Å²) in [7, 11) is -3.48. The number of ether oxygens (including phenoxy) is 1. The number of halogens is 6. The summed E-state index contributed by atoms with van der Waals surface area (Å²) in [5.74, 6) is -0.367. The van der Waals surface area contributed by atoms with E-state index in [4.69, 9.17) is 8.92 Å². The zero-order chi connectivity index (χ0) is 29.9. The molecular weight excluding hydrogens is 566 g/mol. The molecule has 0 bridgehead atoms. The number of hydrogen-bond acceptors (Lipinski definition) is 5. The molecule has 0 fully saturated rings. The fourth-order valence-electron chi connectivity index (χ4n) is 3.50. The van der Waals surface area contributed by atoms with Crippen LogP contribution < -0.4 is 14.2 Å². The van der Waals surface area contributed by atoms with Crippen molar-refractivity contribution < 1.29 is 48.5 Å². The molecular formula is C26H24F6N2O5S. The Morgan fingerprint density at radius 3 is 2.05 bits per heavy atom. The molecule has 0 aromatic heterocycles. The largest absolute Gasteiger partial charge is 0.493 e. The molecule has 0 aliphatic rings. The number of alkyl halides is 6. The third kappa shape index (κ3) is 7.58. The number of rotatable bonds is 8. The molecule has 40 heavy (non-hydrogen) atoms. The summed E-state index contributed by atoms with van der Waals surface area (Å²) < 4.78 is 113. The minimum absolute atomic E-state index is 0.0374. The van der Waals surface area contributed by atoms with E-state index in [2.05, 4.69) is 5.32 Å². The van der Waals surface area contributed by atoms with Crippen molar-refractivity contribution in [3.63, 3.8) is 0 Å². The van der Waals surface area contributed by atoms with Crippen molar-refractivity contribution in [1.29, 1.82) is 0 Å². The Kier molecular flexibility index (Phi) is 8.92. The Morgan fingerprint density at radius 1 is 0.875 bits per heavy atom. The van der Waals surface area contributed by atoms with Crippen LogP contribution in [0.1, 0.15) is 30.5 Å². The van der Waals surface area contributed by atoms with E-state index in [-0.39, 0.29) is 23.7 Å². The molecule has 3 aromatic carbocycles. The van der Waals surface area contributed by atoms with E-state index in [1.165, 1.54) is 30.2 Å². The summed E-state index contributed by atoms with van der Waals surface area (Å²) in [5.41, 5.74) is -1.57. The van der Waals surface area contributed by atoms with Gasteiger partial charge in [0.05, 0.1) is 18.2 Å². The Balaban J connectivity index is 1.84. The first-order valence-electron chi connectivity index (χ1n) is 11.5. The van der Waals surface area contributed by atoms with Crippen molar-refractivity contribution in [2.75, 3.05) is 12.4 Å². The molecule has 14 heteroatoms. The lowest BCUT2D eigenvalue weighted by atomic mass is 10.1. The maximum Gasteiger partial charge on any atom is 0.416 e. The van der Waals surface area contributed by atoms with Crippen molar-refractivity contribution in [2.45, 2.75) is 43.7 Å².